The molecule has 2 aromatic carbocycles. The number of aromatic nitrogens is 3. The first-order valence-corrected chi connectivity index (χ1v) is 12.0. The molecule has 2 aromatic heterocycles. The normalized spacial score (nSPS) is 17.9. The molecule has 1 aliphatic carbocycles. The van der Waals surface area contributed by atoms with E-state index in [1.165, 1.54) is 0 Å². The van der Waals surface area contributed by atoms with Gasteiger partial charge in [-0.05, 0) is 60.6 Å². The highest BCUT2D eigenvalue weighted by molar-refractivity contribution is 5.81. The molecule has 2 aliphatic rings. The molecule has 2 fully saturated rings. The third-order valence-corrected chi connectivity index (χ3v) is 7.04. The van der Waals surface area contributed by atoms with Gasteiger partial charge in [-0.1, -0.05) is 36.4 Å². The summed E-state index contributed by atoms with van der Waals surface area (Å²) in [5, 5.41) is 0. The number of fused-ring (bicyclic) bond motifs is 1. The van der Waals surface area contributed by atoms with E-state index in [1.807, 2.05) is 30.5 Å². The van der Waals surface area contributed by atoms with Crippen molar-refractivity contribution in [1.82, 2.24) is 19.4 Å². The van der Waals surface area contributed by atoms with E-state index in [4.69, 9.17) is 9.72 Å². The second-order valence-corrected chi connectivity index (χ2v) is 9.41. The Bertz CT molecular complexity index is 1320. The van der Waals surface area contributed by atoms with Gasteiger partial charge in [-0.15, -0.1) is 0 Å². The van der Waals surface area contributed by atoms with Crippen molar-refractivity contribution in [2.24, 2.45) is 11.8 Å². The monoisotopic (exact) mass is 452 g/mol. The number of rotatable bonds is 6. The van der Waals surface area contributed by atoms with Crippen LogP contribution >= 0.6 is 0 Å². The predicted octanol–water partition coefficient (Wildman–Crippen LogP) is 5.03. The van der Waals surface area contributed by atoms with E-state index in [0.717, 1.165) is 78.3 Å². The molecule has 4 aromatic rings. The number of carbonyl (C=O) groups excluding carboxylic acids is 1. The van der Waals surface area contributed by atoms with Crippen LogP contribution in [0.3, 0.4) is 0 Å². The summed E-state index contributed by atoms with van der Waals surface area (Å²) in [6.45, 7) is 2.52. The Labute approximate surface area is 199 Å². The summed E-state index contributed by atoms with van der Waals surface area (Å²) in [5.41, 5.74) is 5.18. The maximum atomic E-state index is 12.5. The molecule has 0 unspecified atom stereocenters. The molecular weight excluding hydrogens is 424 g/mol. The minimum absolute atomic E-state index is 0.286. The lowest BCUT2D eigenvalue weighted by Gasteiger charge is -2.17. The fourth-order valence-electron chi connectivity index (χ4n) is 4.98. The maximum Gasteiger partial charge on any atom is 0.225 e. The highest BCUT2D eigenvalue weighted by Gasteiger charge is 2.36. The molecule has 1 atom stereocenters. The highest BCUT2D eigenvalue weighted by Crippen LogP contribution is 2.34. The van der Waals surface area contributed by atoms with Crippen molar-refractivity contribution in [3.8, 4) is 28.3 Å². The first-order valence-electron chi connectivity index (χ1n) is 12.0. The topological polar surface area (TPSA) is 60.3 Å². The number of pyridine rings is 1. The van der Waals surface area contributed by atoms with Crippen LogP contribution in [-0.2, 0) is 11.3 Å². The molecule has 0 radical (unpaired) electrons. The predicted molar refractivity (Wildman–Crippen MR) is 132 cm³/mol. The molecule has 6 rings (SSSR count). The van der Waals surface area contributed by atoms with Gasteiger partial charge in [0.15, 0.2) is 5.65 Å². The van der Waals surface area contributed by atoms with Crippen LogP contribution in [0.1, 0.15) is 19.3 Å². The Morgan fingerprint density at radius 3 is 2.38 bits per heavy atom. The smallest absolute Gasteiger partial charge is 0.225 e. The van der Waals surface area contributed by atoms with Gasteiger partial charge in [0.05, 0.1) is 7.11 Å². The molecule has 34 heavy (non-hydrogen) atoms. The standard InChI is InChI=1S/C28H28N4O2/c1-34-24-12-10-21(11-13-24)20-4-6-22(7-5-20)26-30-25-3-2-15-29-27(25)32(26)18-19-14-16-31(17-19)28(33)23-8-9-23/h2-7,10-13,15,19,23H,8-9,14,16-18H2,1H3/t19-/m1/s1. The molecule has 3 heterocycles. The van der Waals surface area contributed by atoms with Crippen LogP contribution in [0, 0.1) is 11.8 Å². The molecule has 0 N–H and O–H groups in total. The van der Waals surface area contributed by atoms with Gasteiger partial charge in [-0.25, -0.2) is 9.97 Å². The lowest BCUT2D eigenvalue weighted by molar-refractivity contribution is -0.131. The number of imidazole rings is 1. The minimum Gasteiger partial charge on any atom is -0.497 e. The first kappa shape index (κ1) is 20.9. The second kappa shape index (κ2) is 8.60. The van der Waals surface area contributed by atoms with Crippen molar-refractivity contribution in [1.29, 1.82) is 0 Å². The molecule has 0 bridgehead atoms. The van der Waals surface area contributed by atoms with Crippen LogP contribution in [0.15, 0.2) is 66.9 Å². The number of hydrogen-bond donors (Lipinski definition) is 0. The highest BCUT2D eigenvalue weighted by atomic mass is 16.5. The number of methoxy groups -OCH3 is 1. The Kier molecular flexibility index (Phi) is 5.28. The van der Waals surface area contributed by atoms with E-state index in [9.17, 15) is 4.79 Å². The average molecular weight is 453 g/mol. The number of amides is 1. The van der Waals surface area contributed by atoms with Gasteiger partial charge in [-0.3, -0.25) is 4.79 Å². The van der Waals surface area contributed by atoms with Crippen molar-refractivity contribution in [3.05, 3.63) is 66.9 Å². The summed E-state index contributed by atoms with van der Waals surface area (Å²) in [4.78, 5) is 24.2. The Morgan fingerprint density at radius 2 is 1.68 bits per heavy atom. The molecule has 0 spiro atoms. The average Bonchev–Trinajstić information content (AvgIpc) is 3.53. The zero-order valence-electron chi connectivity index (χ0n) is 19.4. The number of nitrogens with zero attached hydrogens (tertiary/aromatic N) is 4. The number of ether oxygens (including phenoxy) is 1. The van der Waals surface area contributed by atoms with Crippen LogP contribution in [-0.4, -0.2) is 45.5 Å². The quantitative estimate of drug-likeness (QED) is 0.412. The van der Waals surface area contributed by atoms with Crippen LogP contribution in [0.2, 0.25) is 0 Å². The second-order valence-electron chi connectivity index (χ2n) is 9.41. The molecular formula is C28H28N4O2. The van der Waals surface area contributed by atoms with E-state index >= 15 is 0 Å². The zero-order valence-corrected chi connectivity index (χ0v) is 19.4. The van der Waals surface area contributed by atoms with Crippen LogP contribution in [0.5, 0.6) is 5.75 Å². The zero-order chi connectivity index (χ0) is 23.1. The largest absolute Gasteiger partial charge is 0.497 e. The lowest BCUT2D eigenvalue weighted by Crippen LogP contribution is -2.30. The molecule has 172 valence electrons. The van der Waals surface area contributed by atoms with E-state index in [2.05, 4.69) is 50.8 Å². The van der Waals surface area contributed by atoms with E-state index < -0.39 is 0 Å². The summed E-state index contributed by atoms with van der Waals surface area (Å²) in [7, 11) is 1.68. The lowest BCUT2D eigenvalue weighted by atomic mass is 10.0. The number of hydrogen-bond acceptors (Lipinski definition) is 4. The Morgan fingerprint density at radius 1 is 0.971 bits per heavy atom. The van der Waals surface area contributed by atoms with Gasteiger partial charge in [0.1, 0.15) is 17.1 Å². The fourth-order valence-corrected chi connectivity index (χ4v) is 4.98. The van der Waals surface area contributed by atoms with Gasteiger partial charge in [-0.2, -0.15) is 0 Å². The third-order valence-electron chi connectivity index (χ3n) is 7.04. The Hall–Kier alpha value is -3.67. The number of likely N-dealkylation sites (tertiary alicyclic amines) is 1. The van der Waals surface area contributed by atoms with Gasteiger partial charge in [0, 0.05) is 37.3 Å². The van der Waals surface area contributed by atoms with Crippen molar-refractivity contribution >= 4 is 17.1 Å². The van der Waals surface area contributed by atoms with Crippen molar-refractivity contribution in [3.63, 3.8) is 0 Å². The van der Waals surface area contributed by atoms with Gasteiger partial charge < -0.3 is 14.2 Å². The van der Waals surface area contributed by atoms with Crippen LogP contribution in [0.25, 0.3) is 33.7 Å². The van der Waals surface area contributed by atoms with Gasteiger partial charge in [0.25, 0.3) is 0 Å². The summed E-state index contributed by atoms with van der Waals surface area (Å²) in [5.74, 6) is 2.84. The Balaban J connectivity index is 1.28. The third kappa shape index (κ3) is 3.94. The number of benzene rings is 2. The molecule has 1 saturated carbocycles. The van der Waals surface area contributed by atoms with Gasteiger partial charge in [0.2, 0.25) is 5.91 Å². The first-order chi connectivity index (χ1) is 16.7. The maximum absolute atomic E-state index is 12.5. The molecule has 1 saturated heterocycles. The van der Waals surface area contributed by atoms with Gasteiger partial charge >= 0.3 is 0 Å². The SMILES string of the molecule is COc1ccc(-c2ccc(-c3nc4cccnc4n3C[C@@H]3CCN(C(=O)C4CC4)C3)cc2)cc1. The van der Waals surface area contributed by atoms with Crippen LogP contribution in [0.4, 0.5) is 0 Å². The number of carbonyl (C=O) groups is 1. The summed E-state index contributed by atoms with van der Waals surface area (Å²) >= 11 is 0. The van der Waals surface area contributed by atoms with E-state index in [1.54, 1.807) is 7.11 Å². The summed E-state index contributed by atoms with van der Waals surface area (Å²) in [6.07, 6.45) is 4.98. The molecule has 6 nitrogen and oxygen atoms in total. The van der Waals surface area contributed by atoms with E-state index in [0.29, 0.717) is 11.8 Å². The minimum atomic E-state index is 0.286. The fraction of sp³-hybridized carbons (Fsp3) is 0.321. The molecule has 6 heteroatoms. The van der Waals surface area contributed by atoms with Crippen LogP contribution < -0.4 is 4.74 Å². The van der Waals surface area contributed by atoms with Crippen molar-refractivity contribution in [2.75, 3.05) is 20.2 Å². The van der Waals surface area contributed by atoms with E-state index in [-0.39, 0.29) is 5.92 Å². The summed E-state index contributed by atoms with van der Waals surface area (Å²) in [6, 6.07) is 20.6. The van der Waals surface area contributed by atoms with Crippen molar-refractivity contribution < 1.29 is 9.53 Å². The summed E-state index contributed by atoms with van der Waals surface area (Å²) < 4.78 is 7.52. The van der Waals surface area contributed by atoms with Crippen molar-refractivity contribution in [2.45, 2.75) is 25.8 Å². The molecule has 1 amide bonds. The molecule has 1 aliphatic heterocycles.